The SMILES string of the molecule is CC(=O)NC1=NN(C(C)=O)C(C)(c2ccc([N+](=O)[O-])o2)S1. The molecular formula is C11H12N4O5S. The van der Waals surface area contributed by atoms with Gasteiger partial charge in [-0.3, -0.25) is 19.7 Å². The zero-order valence-corrected chi connectivity index (χ0v) is 12.3. The molecule has 10 heteroatoms. The van der Waals surface area contributed by atoms with Gasteiger partial charge in [-0.2, -0.15) is 0 Å². The lowest BCUT2D eigenvalue weighted by Crippen LogP contribution is -2.37. The van der Waals surface area contributed by atoms with E-state index in [1.54, 1.807) is 6.92 Å². The van der Waals surface area contributed by atoms with Gasteiger partial charge in [0.25, 0.3) is 0 Å². The Morgan fingerprint density at radius 2 is 2.14 bits per heavy atom. The van der Waals surface area contributed by atoms with Crippen molar-refractivity contribution in [3.05, 3.63) is 28.0 Å². The summed E-state index contributed by atoms with van der Waals surface area (Å²) in [6, 6.07) is 2.61. The fraction of sp³-hybridized carbons (Fsp3) is 0.364. The molecule has 1 aliphatic rings. The molecule has 0 saturated heterocycles. The molecule has 0 bridgehead atoms. The predicted molar refractivity (Wildman–Crippen MR) is 74.1 cm³/mol. The molecule has 9 nitrogen and oxygen atoms in total. The van der Waals surface area contributed by atoms with Crippen LogP contribution in [-0.2, 0) is 14.5 Å². The molecule has 1 aliphatic heterocycles. The molecule has 1 aromatic rings. The average molecular weight is 312 g/mol. The lowest BCUT2D eigenvalue weighted by molar-refractivity contribution is -0.402. The quantitative estimate of drug-likeness (QED) is 0.650. The minimum atomic E-state index is -1.10. The van der Waals surface area contributed by atoms with E-state index in [-0.39, 0.29) is 22.7 Å². The third-order valence-electron chi connectivity index (χ3n) is 2.70. The smallest absolute Gasteiger partial charge is 0.402 e. The molecule has 0 radical (unpaired) electrons. The number of hydrogen-bond acceptors (Lipinski definition) is 7. The van der Waals surface area contributed by atoms with E-state index >= 15 is 0 Å². The van der Waals surface area contributed by atoms with E-state index in [2.05, 4.69) is 10.4 Å². The molecule has 0 spiro atoms. The molecular weight excluding hydrogens is 300 g/mol. The van der Waals surface area contributed by atoms with Crippen molar-refractivity contribution in [2.75, 3.05) is 0 Å². The van der Waals surface area contributed by atoms with Crippen molar-refractivity contribution in [2.24, 2.45) is 5.10 Å². The van der Waals surface area contributed by atoms with E-state index in [1.807, 2.05) is 0 Å². The normalized spacial score (nSPS) is 21.1. The number of amides is 2. The highest BCUT2D eigenvalue weighted by Gasteiger charge is 2.47. The van der Waals surface area contributed by atoms with E-state index in [0.29, 0.717) is 0 Å². The molecule has 21 heavy (non-hydrogen) atoms. The van der Waals surface area contributed by atoms with Crippen molar-refractivity contribution in [1.82, 2.24) is 10.3 Å². The van der Waals surface area contributed by atoms with Crippen LogP contribution < -0.4 is 5.32 Å². The van der Waals surface area contributed by atoms with Crippen molar-refractivity contribution in [3.8, 4) is 0 Å². The van der Waals surface area contributed by atoms with Crippen LogP contribution in [-0.4, -0.2) is 26.9 Å². The summed E-state index contributed by atoms with van der Waals surface area (Å²) in [5.41, 5.74) is 0. The zero-order chi connectivity index (χ0) is 15.8. The Bertz CT molecular complexity index is 655. The van der Waals surface area contributed by atoms with Gasteiger partial charge in [0.05, 0.1) is 6.07 Å². The molecule has 1 atom stereocenters. The average Bonchev–Trinajstić information content (AvgIpc) is 2.94. The van der Waals surface area contributed by atoms with Gasteiger partial charge in [-0.05, 0) is 24.8 Å². The summed E-state index contributed by atoms with van der Waals surface area (Å²) < 4.78 is 5.17. The third-order valence-corrected chi connectivity index (χ3v) is 3.85. The van der Waals surface area contributed by atoms with Crippen LogP contribution >= 0.6 is 11.8 Å². The van der Waals surface area contributed by atoms with Gasteiger partial charge in [0.1, 0.15) is 10.7 Å². The molecule has 0 fully saturated rings. The molecule has 1 aromatic heterocycles. The van der Waals surface area contributed by atoms with Crippen LogP contribution in [0.3, 0.4) is 0 Å². The van der Waals surface area contributed by atoms with E-state index in [4.69, 9.17) is 4.42 Å². The Labute approximate surface area is 123 Å². The Balaban J connectivity index is 2.37. The number of carbonyl (C=O) groups excluding carboxylic acids is 2. The van der Waals surface area contributed by atoms with Gasteiger partial charge in [-0.15, -0.1) is 5.10 Å². The number of nitro groups is 1. The highest BCUT2D eigenvalue weighted by molar-refractivity contribution is 8.14. The van der Waals surface area contributed by atoms with Gasteiger partial charge in [-0.1, -0.05) is 0 Å². The number of rotatable bonds is 2. The van der Waals surface area contributed by atoms with Crippen LogP contribution in [0.4, 0.5) is 5.88 Å². The van der Waals surface area contributed by atoms with Crippen LogP contribution in [0.1, 0.15) is 26.5 Å². The van der Waals surface area contributed by atoms with Crippen LogP contribution in [0.2, 0.25) is 0 Å². The molecule has 112 valence electrons. The van der Waals surface area contributed by atoms with Gasteiger partial charge in [0, 0.05) is 13.8 Å². The van der Waals surface area contributed by atoms with Crippen molar-refractivity contribution in [1.29, 1.82) is 0 Å². The first-order valence-corrected chi connectivity index (χ1v) is 6.66. The van der Waals surface area contributed by atoms with Gasteiger partial charge < -0.3 is 9.73 Å². The molecule has 1 unspecified atom stereocenters. The molecule has 0 aliphatic carbocycles. The van der Waals surface area contributed by atoms with Gasteiger partial charge in [-0.25, -0.2) is 5.01 Å². The van der Waals surface area contributed by atoms with Gasteiger partial charge in [0.15, 0.2) is 10.0 Å². The minimum Gasteiger partial charge on any atom is -0.402 e. The molecule has 1 N–H and O–H groups in total. The summed E-state index contributed by atoms with van der Waals surface area (Å²) in [5.74, 6) is -0.953. The van der Waals surface area contributed by atoms with Crippen molar-refractivity contribution >= 4 is 34.6 Å². The van der Waals surface area contributed by atoms with Crippen LogP contribution in [0.15, 0.2) is 21.7 Å². The highest BCUT2D eigenvalue weighted by Crippen LogP contribution is 2.46. The molecule has 2 heterocycles. The molecule has 0 aromatic carbocycles. The topological polar surface area (TPSA) is 118 Å². The lowest BCUT2D eigenvalue weighted by atomic mass is 10.2. The number of nitrogens with zero attached hydrogens (tertiary/aromatic N) is 3. The number of hydrogen-bond donors (Lipinski definition) is 1. The Morgan fingerprint density at radius 1 is 1.48 bits per heavy atom. The Morgan fingerprint density at radius 3 is 2.62 bits per heavy atom. The summed E-state index contributed by atoms with van der Waals surface area (Å²) in [7, 11) is 0. The maximum atomic E-state index is 11.7. The summed E-state index contributed by atoms with van der Waals surface area (Å²) in [6.45, 7) is 4.24. The maximum Gasteiger partial charge on any atom is 0.433 e. The first kappa shape index (κ1) is 15.0. The number of amidine groups is 1. The standard InChI is InChI=1S/C11H12N4O5S/c1-6(16)12-10-13-14(7(2)17)11(3,21-10)8-4-5-9(20-8)15(18)19/h4-5H,1-3H3,(H,12,13,16). The second-order valence-electron chi connectivity index (χ2n) is 4.40. The number of carbonyl (C=O) groups is 2. The fourth-order valence-electron chi connectivity index (χ4n) is 1.84. The lowest BCUT2D eigenvalue weighted by Gasteiger charge is -2.27. The van der Waals surface area contributed by atoms with Crippen molar-refractivity contribution in [2.45, 2.75) is 25.6 Å². The summed E-state index contributed by atoms with van der Waals surface area (Å²) in [5, 5.41) is 18.5. The first-order valence-electron chi connectivity index (χ1n) is 5.85. The second-order valence-corrected chi connectivity index (χ2v) is 5.78. The predicted octanol–water partition coefficient (Wildman–Crippen LogP) is 1.36. The summed E-state index contributed by atoms with van der Waals surface area (Å²) in [4.78, 5) is 31.8. The van der Waals surface area contributed by atoms with E-state index < -0.39 is 15.7 Å². The Hall–Kier alpha value is -2.36. The molecule has 2 amide bonds. The van der Waals surface area contributed by atoms with Crippen LogP contribution in [0.5, 0.6) is 0 Å². The second kappa shape index (κ2) is 5.20. The maximum absolute atomic E-state index is 11.7. The third kappa shape index (κ3) is 2.75. The van der Waals surface area contributed by atoms with Gasteiger partial charge in [0.2, 0.25) is 11.8 Å². The van der Waals surface area contributed by atoms with Crippen LogP contribution in [0, 0.1) is 10.1 Å². The number of nitrogens with one attached hydrogen (secondary N) is 1. The van der Waals surface area contributed by atoms with Crippen LogP contribution in [0.25, 0.3) is 0 Å². The number of thioether (sulfide) groups is 1. The number of furan rings is 1. The van der Waals surface area contributed by atoms with E-state index in [0.717, 1.165) is 16.8 Å². The molecule has 0 saturated carbocycles. The Kier molecular flexibility index (Phi) is 3.73. The fourth-order valence-corrected chi connectivity index (χ4v) is 3.00. The summed E-state index contributed by atoms with van der Waals surface area (Å²) in [6.07, 6.45) is 0. The zero-order valence-electron chi connectivity index (χ0n) is 11.4. The van der Waals surface area contributed by atoms with E-state index in [1.165, 1.54) is 26.0 Å². The van der Waals surface area contributed by atoms with E-state index in [9.17, 15) is 19.7 Å². The minimum absolute atomic E-state index is 0.193. The first-order chi connectivity index (χ1) is 9.74. The molecule has 2 rings (SSSR count). The number of hydrazone groups is 1. The highest BCUT2D eigenvalue weighted by atomic mass is 32.2. The summed E-state index contributed by atoms with van der Waals surface area (Å²) >= 11 is 1.06. The van der Waals surface area contributed by atoms with Crippen molar-refractivity contribution in [3.63, 3.8) is 0 Å². The monoisotopic (exact) mass is 312 g/mol. The largest absolute Gasteiger partial charge is 0.433 e. The van der Waals surface area contributed by atoms with Gasteiger partial charge >= 0.3 is 5.88 Å². The van der Waals surface area contributed by atoms with Crippen molar-refractivity contribution < 1.29 is 18.9 Å².